The van der Waals surface area contributed by atoms with Crippen LogP contribution in [0.15, 0.2) is 48.8 Å². The summed E-state index contributed by atoms with van der Waals surface area (Å²) in [6.45, 7) is 3.41. The highest BCUT2D eigenvalue weighted by molar-refractivity contribution is 5.70. The molecule has 0 N–H and O–H groups in total. The summed E-state index contributed by atoms with van der Waals surface area (Å²) in [7, 11) is 4.13. The molecule has 27 heavy (non-hydrogen) atoms. The van der Waals surface area contributed by atoms with Gasteiger partial charge in [0, 0.05) is 38.3 Å². The van der Waals surface area contributed by atoms with Gasteiger partial charge in [0.15, 0.2) is 12.4 Å². The molecule has 2 rings (SSSR count). The van der Waals surface area contributed by atoms with Gasteiger partial charge in [-0.2, -0.15) is 0 Å². The van der Waals surface area contributed by atoms with Crippen LogP contribution in [-0.4, -0.2) is 14.1 Å². The Morgan fingerprint density at radius 2 is 1.22 bits per heavy atom. The van der Waals surface area contributed by atoms with Gasteiger partial charge in [-0.3, -0.25) is 0 Å². The molecule has 1 aromatic heterocycles. The number of unbranched alkanes of at least 4 members (excludes halogenated alkanes) is 7. The van der Waals surface area contributed by atoms with Crippen molar-refractivity contribution < 1.29 is 4.57 Å². The molecule has 0 fully saturated rings. The maximum atomic E-state index is 2.31. The van der Waals surface area contributed by atoms with E-state index in [1.165, 1.54) is 68.2 Å². The molecule has 2 nitrogen and oxygen atoms in total. The monoisotopic (exact) mass is 365 g/mol. The molecule has 0 amide bonds. The van der Waals surface area contributed by atoms with E-state index in [1.807, 2.05) is 0 Å². The average molecular weight is 366 g/mol. The normalized spacial score (nSPS) is 11.2. The van der Waals surface area contributed by atoms with Crippen molar-refractivity contribution in [3.63, 3.8) is 0 Å². The molecule has 0 unspecified atom stereocenters. The summed E-state index contributed by atoms with van der Waals surface area (Å²) in [5.74, 6) is 0. The van der Waals surface area contributed by atoms with Gasteiger partial charge < -0.3 is 4.90 Å². The largest absolute Gasteiger partial charge is 0.378 e. The van der Waals surface area contributed by atoms with Gasteiger partial charge in [0.1, 0.15) is 6.54 Å². The lowest BCUT2D eigenvalue weighted by Gasteiger charge is -2.11. The maximum Gasteiger partial charge on any atom is 0.169 e. The lowest BCUT2D eigenvalue weighted by Crippen LogP contribution is -2.32. The number of rotatable bonds is 12. The van der Waals surface area contributed by atoms with Crippen LogP contribution in [0.4, 0.5) is 5.69 Å². The van der Waals surface area contributed by atoms with Crippen molar-refractivity contribution in [2.24, 2.45) is 0 Å². The zero-order valence-electron chi connectivity index (χ0n) is 17.5. The fourth-order valence-corrected chi connectivity index (χ4v) is 3.23. The molecule has 0 aliphatic rings. The van der Waals surface area contributed by atoms with E-state index in [9.17, 15) is 0 Å². The minimum absolute atomic E-state index is 1.13. The molecule has 2 aromatic rings. The van der Waals surface area contributed by atoms with E-state index in [-0.39, 0.29) is 0 Å². The predicted octanol–water partition coefficient (Wildman–Crippen LogP) is 6.35. The van der Waals surface area contributed by atoms with Crippen LogP contribution in [0.5, 0.6) is 0 Å². The lowest BCUT2D eigenvalue weighted by atomic mass is 10.1. The number of anilines is 1. The highest BCUT2D eigenvalue weighted by atomic mass is 15.1. The molecular formula is C25H37N2+. The van der Waals surface area contributed by atoms with Gasteiger partial charge in [0.05, 0.1) is 0 Å². The molecule has 1 aromatic carbocycles. The first-order chi connectivity index (χ1) is 13.2. The van der Waals surface area contributed by atoms with Gasteiger partial charge in [-0.15, -0.1) is 0 Å². The molecule has 0 spiro atoms. The maximum absolute atomic E-state index is 2.31. The fraction of sp³-hybridized carbons (Fsp3) is 0.480. The van der Waals surface area contributed by atoms with Crippen molar-refractivity contribution in [1.29, 1.82) is 0 Å². The van der Waals surface area contributed by atoms with E-state index in [0.717, 1.165) is 6.54 Å². The first-order valence-corrected chi connectivity index (χ1v) is 10.6. The fourth-order valence-electron chi connectivity index (χ4n) is 3.23. The number of aryl methyl sites for hydroxylation is 1. The summed E-state index contributed by atoms with van der Waals surface area (Å²) in [5, 5.41) is 0. The van der Waals surface area contributed by atoms with Gasteiger partial charge in [-0.1, -0.05) is 69.7 Å². The van der Waals surface area contributed by atoms with E-state index in [0.29, 0.717) is 0 Å². The van der Waals surface area contributed by atoms with E-state index in [2.05, 4.69) is 91.4 Å². The summed E-state index contributed by atoms with van der Waals surface area (Å²) in [6.07, 6.45) is 19.8. The second-order valence-electron chi connectivity index (χ2n) is 7.66. The minimum Gasteiger partial charge on any atom is -0.378 e. The smallest absolute Gasteiger partial charge is 0.169 e. The van der Waals surface area contributed by atoms with E-state index in [1.54, 1.807) is 0 Å². The second-order valence-corrected chi connectivity index (χ2v) is 7.66. The highest BCUT2D eigenvalue weighted by Crippen LogP contribution is 2.14. The molecule has 146 valence electrons. The molecule has 0 atom stereocenters. The number of aromatic nitrogens is 1. The van der Waals surface area contributed by atoms with E-state index >= 15 is 0 Å². The number of benzene rings is 1. The molecule has 1 heterocycles. The Balaban J connectivity index is 1.70. The molecule has 2 heteroatoms. The van der Waals surface area contributed by atoms with Crippen molar-refractivity contribution in [2.45, 2.75) is 64.8 Å². The average Bonchev–Trinajstić information content (AvgIpc) is 2.69. The minimum atomic E-state index is 1.13. The molecule has 0 aliphatic heterocycles. The lowest BCUT2D eigenvalue weighted by molar-refractivity contribution is -0.697. The molecule has 0 bridgehead atoms. The Morgan fingerprint density at radius 1 is 0.704 bits per heavy atom. The highest BCUT2D eigenvalue weighted by Gasteiger charge is 2.00. The van der Waals surface area contributed by atoms with Crippen LogP contribution in [0.1, 0.15) is 69.4 Å². The van der Waals surface area contributed by atoms with Gasteiger partial charge >= 0.3 is 0 Å². The van der Waals surface area contributed by atoms with Crippen LogP contribution in [0, 0.1) is 0 Å². The van der Waals surface area contributed by atoms with Crippen molar-refractivity contribution >= 4 is 17.8 Å². The van der Waals surface area contributed by atoms with Crippen molar-refractivity contribution in [1.82, 2.24) is 0 Å². The number of hydrogen-bond donors (Lipinski definition) is 0. The molecule has 0 saturated carbocycles. The van der Waals surface area contributed by atoms with Gasteiger partial charge in [0.2, 0.25) is 0 Å². The topological polar surface area (TPSA) is 7.12 Å². The molecular weight excluding hydrogens is 328 g/mol. The van der Waals surface area contributed by atoms with Crippen molar-refractivity contribution in [2.75, 3.05) is 19.0 Å². The zero-order valence-corrected chi connectivity index (χ0v) is 17.5. The third-order valence-corrected chi connectivity index (χ3v) is 5.06. The Kier molecular flexibility index (Phi) is 9.68. The summed E-state index contributed by atoms with van der Waals surface area (Å²) >= 11 is 0. The quantitative estimate of drug-likeness (QED) is 0.314. The summed E-state index contributed by atoms with van der Waals surface area (Å²) in [5.41, 5.74) is 3.71. The zero-order chi connectivity index (χ0) is 19.3. The Morgan fingerprint density at radius 3 is 1.78 bits per heavy atom. The van der Waals surface area contributed by atoms with E-state index in [4.69, 9.17) is 0 Å². The number of nitrogens with zero attached hydrogens (tertiary/aromatic N) is 2. The van der Waals surface area contributed by atoms with Gasteiger partial charge in [-0.25, -0.2) is 4.57 Å². The standard InChI is InChI=1S/C25H37N2/c1-4-5-6-7-8-9-10-11-20-27-21-18-24(19-22-27)13-12-23-14-16-25(17-15-23)26(2)3/h12-19,21-22H,4-11,20H2,1-3H3/q+1. The van der Waals surface area contributed by atoms with E-state index < -0.39 is 0 Å². The van der Waals surface area contributed by atoms with Crippen LogP contribution in [0.25, 0.3) is 12.2 Å². The molecule has 0 radical (unpaired) electrons. The Bertz CT molecular complexity index is 654. The van der Waals surface area contributed by atoms with Crippen LogP contribution in [0.3, 0.4) is 0 Å². The molecule has 0 saturated heterocycles. The predicted molar refractivity (Wildman–Crippen MR) is 119 cm³/mol. The van der Waals surface area contributed by atoms with Gasteiger partial charge in [0.25, 0.3) is 0 Å². The van der Waals surface area contributed by atoms with Crippen molar-refractivity contribution in [3.8, 4) is 0 Å². The Labute approximate surface area is 166 Å². The number of pyridine rings is 1. The number of hydrogen-bond acceptors (Lipinski definition) is 1. The van der Waals surface area contributed by atoms with Crippen LogP contribution in [-0.2, 0) is 6.54 Å². The Hall–Kier alpha value is -2.09. The third kappa shape index (κ3) is 8.43. The second kappa shape index (κ2) is 12.3. The summed E-state index contributed by atoms with van der Waals surface area (Å²) in [4.78, 5) is 2.12. The van der Waals surface area contributed by atoms with Crippen LogP contribution in [0.2, 0.25) is 0 Å². The van der Waals surface area contributed by atoms with Crippen LogP contribution >= 0.6 is 0 Å². The first-order valence-electron chi connectivity index (χ1n) is 10.6. The third-order valence-electron chi connectivity index (χ3n) is 5.06. The van der Waals surface area contributed by atoms with Gasteiger partial charge in [-0.05, 0) is 29.7 Å². The van der Waals surface area contributed by atoms with Crippen LogP contribution < -0.4 is 9.47 Å². The summed E-state index contributed by atoms with van der Waals surface area (Å²) in [6, 6.07) is 13.0. The first kappa shape index (κ1) is 21.2. The SMILES string of the molecule is CCCCCCCCCC[n+]1ccc(/C=C/c2ccc(N(C)C)cc2)cc1. The van der Waals surface area contributed by atoms with Crippen molar-refractivity contribution in [3.05, 3.63) is 59.9 Å². The molecule has 0 aliphatic carbocycles. The summed E-state index contributed by atoms with van der Waals surface area (Å²) < 4.78 is 2.31.